The zero-order chi connectivity index (χ0) is 11.9. The average molecular weight is 239 g/mol. The Kier molecular flexibility index (Phi) is 5.10. The van der Waals surface area contributed by atoms with Gasteiger partial charge in [0.1, 0.15) is 0 Å². The molecule has 1 atom stereocenters. The van der Waals surface area contributed by atoms with Crippen molar-refractivity contribution in [1.82, 2.24) is 15.5 Å². The van der Waals surface area contributed by atoms with Crippen LogP contribution in [0.2, 0.25) is 0 Å². The van der Waals surface area contributed by atoms with Crippen LogP contribution in [0.1, 0.15) is 44.9 Å². The van der Waals surface area contributed by atoms with Gasteiger partial charge in [-0.25, -0.2) is 4.79 Å². The Morgan fingerprint density at radius 1 is 1.18 bits per heavy atom. The highest BCUT2D eigenvalue weighted by atomic mass is 16.2. The number of rotatable bonds is 3. The monoisotopic (exact) mass is 239 g/mol. The third-order valence-electron chi connectivity index (χ3n) is 3.82. The second-order valence-electron chi connectivity index (χ2n) is 5.22. The van der Waals surface area contributed by atoms with Gasteiger partial charge in [0.15, 0.2) is 0 Å². The summed E-state index contributed by atoms with van der Waals surface area (Å²) in [6, 6.07) is 0.768. The third-order valence-corrected chi connectivity index (χ3v) is 3.82. The molecular formula is C13H25N3O. The number of nitrogens with zero attached hydrogens (tertiary/aromatic N) is 1. The summed E-state index contributed by atoms with van der Waals surface area (Å²) in [5, 5.41) is 6.51. The lowest BCUT2D eigenvalue weighted by Crippen LogP contribution is -2.41. The quantitative estimate of drug-likeness (QED) is 0.787. The molecule has 0 spiro atoms. The molecule has 2 N–H and O–H groups in total. The van der Waals surface area contributed by atoms with Gasteiger partial charge in [0.25, 0.3) is 0 Å². The molecule has 2 aliphatic heterocycles. The summed E-state index contributed by atoms with van der Waals surface area (Å²) in [5.74, 6) is 0. The minimum absolute atomic E-state index is 0.143. The number of hydrogen-bond donors (Lipinski definition) is 2. The number of urea groups is 1. The van der Waals surface area contributed by atoms with Crippen molar-refractivity contribution in [3.63, 3.8) is 0 Å². The van der Waals surface area contributed by atoms with Gasteiger partial charge in [0.05, 0.1) is 0 Å². The number of amides is 2. The molecule has 98 valence electrons. The van der Waals surface area contributed by atoms with E-state index in [0.29, 0.717) is 6.04 Å². The first kappa shape index (κ1) is 12.7. The van der Waals surface area contributed by atoms with Crippen LogP contribution in [0.15, 0.2) is 0 Å². The molecule has 17 heavy (non-hydrogen) atoms. The van der Waals surface area contributed by atoms with Crippen molar-refractivity contribution in [2.45, 2.75) is 51.0 Å². The van der Waals surface area contributed by atoms with Crippen LogP contribution >= 0.6 is 0 Å². The Morgan fingerprint density at radius 3 is 2.59 bits per heavy atom. The summed E-state index contributed by atoms with van der Waals surface area (Å²) in [6.45, 7) is 3.83. The second kappa shape index (κ2) is 6.84. The molecule has 0 aromatic rings. The van der Waals surface area contributed by atoms with E-state index < -0.39 is 0 Å². The summed E-state index contributed by atoms with van der Waals surface area (Å²) in [6.07, 6.45) is 8.49. The molecule has 0 aromatic carbocycles. The first-order valence-electron chi connectivity index (χ1n) is 7.12. The highest BCUT2D eigenvalue weighted by Gasteiger charge is 2.16. The maximum Gasteiger partial charge on any atom is 0.317 e. The Labute approximate surface area is 104 Å². The van der Waals surface area contributed by atoms with E-state index in [0.717, 1.165) is 45.4 Å². The molecule has 2 heterocycles. The molecule has 2 aliphatic rings. The second-order valence-corrected chi connectivity index (χ2v) is 5.22. The smallest absolute Gasteiger partial charge is 0.317 e. The van der Waals surface area contributed by atoms with Crippen molar-refractivity contribution in [3.8, 4) is 0 Å². The van der Waals surface area contributed by atoms with Gasteiger partial charge in [-0.1, -0.05) is 12.8 Å². The minimum Gasteiger partial charge on any atom is -0.338 e. The van der Waals surface area contributed by atoms with Crippen molar-refractivity contribution in [1.29, 1.82) is 0 Å². The van der Waals surface area contributed by atoms with Gasteiger partial charge in [-0.2, -0.15) is 0 Å². The highest BCUT2D eigenvalue weighted by molar-refractivity contribution is 5.74. The summed E-state index contributed by atoms with van der Waals surface area (Å²) < 4.78 is 0. The number of nitrogens with one attached hydrogen (secondary N) is 2. The summed E-state index contributed by atoms with van der Waals surface area (Å²) in [5.41, 5.74) is 0. The van der Waals surface area contributed by atoms with Gasteiger partial charge >= 0.3 is 6.03 Å². The van der Waals surface area contributed by atoms with Crippen molar-refractivity contribution < 1.29 is 4.79 Å². The van der Waals surface area contributed by atoms with Crippen molar-refractivity contribution >= 4 is 6.03 Å². The van der Waals surface area contributed by atoms with E-state index in [2.05, 4.69) is 10.6 Å². The Morgan fingerprint density at radius 2 is 1.94 bits per heavy atom. The SMILES string of the molecule is O=C(NCC[C@H]1CCCN1)N1CCCCCC1. The lowest BCUT2D eigenvalue weighted by molar-refractivity contribution is 0.199. The van der Waals surface area contributed by atoms with Gasteiger partial charge in [0.2, 0.25) is 0 Å². The zero-order valence-electron chi connectivity index (χ0n) is 10.7. The summed E-state index contributed by atoms with van der Waals surface area (Å²) in [4.78, 5) is 13.9. The number of carbonyl (C=O) groups excluding carboxylic acids is 1. The van der Waals surface area contributed by atoms with E-state index in [-0.39, 0.29) is 6.03 Å². The zero-order valence-corrected chi connectivity index (χ0v) is 10.7. The molecule has 2 amide bonds. The van der Waals surface area contributed by atoms with E-state index >= 15 is 0 Å². The van der Waals surface area contributed by atoms with Crippen molar-refractivity contribution in [2.24, 2.45) is 0 Å². The minimum atomic E-state index is 0.143. The molecule has 0 saturated carbocycles. The molecule has 2 saturated heterocycles. The maximum absolute atomic E-state index is 11.9. The van der Waals surface area contributed by atoms with Gasteiger partial charge in [0, 0.05) is 25.7 Å². The fourth-order valence-corrected chi connectivity index (χ4v) is 2.74. The van der Waals surface area contributed by atoms with E-state index in [9.17, 15) is 4.79 Å². The van der Waals surface area contributed by atoms with Crippen LogP contribution in [0.25, 0.3) is 0 Å². The van der Waals surface area contributed by atoms with Crippen LogP contribution in [-0.2, 0) is 0 Å². The van der Waals surface area contributed by atoms with Gasteiger partial charge < -0.3 is 15.5 Å². The van der Waals surface area contributed by atoms with Crippen LogP contribution in [0.4, 0.5) is 4.79 Å². The first-order valence-corrected chi connectivity index (χ1v) is 7.12. The topological polar surface area (TPSA) is 44.4 Å². The Bertz CT molecular complexity index is 231. The van der Waals surface area contributed by atoms with Gasteiger partial charge in [-0.3, -0.25) is 0 Å². The van der Waals surface area contributed by atoms with E-state index in [1.807, 2.05) is 4.90 Å². The maximum atomic E-state index is 11.9. The molecule has 2 fully saturated rings. The summed E-state index contributed by atoms with van der Waals surface area (Å²) >= 11 is 0. The van der Waals surface area contributed by atoms with Crippen molar-refractivity contribution in [2.75, 3.05) is 26.2 Å². The third kappa shape index (κ3) is 4.19. The van der Waals surface area contributed by atoms with Crippen LogP contribution in [0.5, 0.6) is 0 Å². The number of hydrogen-bond acceptors (Lipinski definition) is 2. The lowest BCUT2D eigenvalue weighted by Gasteiger charge is -2.21. The first-order chi connectivity index (χ1) is 8.36. The Hall–Kier alpha value is -0.770. The molecule has 4 heteroatoms. The fraction of sp³-hybridized carbons (Fsp3) is 0.923. The number of likely N-dealkylation sites (tertiary alicyclic amines) is 1. The standard InChI is InChI=1S/C13H25N3O/c17-13(16-10-3-1-2-4-11-16)15-9-7-12-6-5-8-14-12/h12,14H,1-11H2,(H,15,17)/t12-/m1/s1. The molecule has 2 rings (SSSR count). The predicted molar refractivity (Wildman–Crippen MR) is 69.1 cm³/mol. The Balaban J connectivity index is 1.61. The van der Waals surface area contributed by atoms with Crippen LogP contribution in [0.3, 0.4) is 0 Å². The molecule has 0 bridgehead atoms. The van der Waals surface area contributed by atoms with Gasteiger partial charge in [-0.05, 0) is 38.6 Å². The fourth-order valence-electron chi connectivity index (χ4n) is 2.74. The normalized spacial score (nSPS) is 25.6. The molecular weight excluding hydrogens is 214 g/mol. The van der Waals surface area contributed by atoms with Crippen LogP contribution < -0.4 is 10.6 Å². The highest BCUT2D eigenvalue weighted by Crippen LogP contribution is 2.10. The van der Waals surface area contributed by atoms with Crippen LogP contribution in [0, 0.1) is 0 Å². The lowest BCUT2D eigenvalue weighted by atomic mass is 10.1. The number of carbonyl (C=O) groups is 1. The average Bonchev–Trinajstić information content (AvgIpc) is 2.69. The molecule has 0 aliphatic carbocycles. The van der Waals surface area contributed by atoms with Gasteiger partial charge in [-0.15, -0.1) is 0 Å². The summed E-state index contributed by atoms with van der Waals surface area (Å²) in [7, 11) is 0. The van der Waals surface area contributed by atoms with E-state index in [1.165, 1.54) is 25.7 Å². The predicted octanol–water partition coefficient (Wildman–Crippen LogP) is 1.71. The molecule has 4 nitrogen and oxygen atoms in total. The van der Waals surface area contributed by atoms with Crippen LogP contribution in [-0.4, -0.2) is 43.2 Å². The van der Waals surface area contributed by atoms with E-state index in [4.69, 9.17) is 0 Å². The van der Waals surface area contributed by atoms with E-state index in [1.54, 1.807) is 0 Å². The molecule has 0 radical (unpaired) electrons. The largest absolute Gasteiger partial charge is 0.338 e. The van der Waals surface area contributed by atoms with Crippen molar-refractivity contribution in [3.05, 3.63) is 0 Å². The molecule has 0 unspecified atom stereocenters. The molecule has 0 aromatic heterocycles.